The summed E-state index contributed by atoms with van der Waals surface area (Å²) in [6.45, 7) is 1.95. The van der Waals surface area contributed by atoms with Gasteiger partial charge in [-0.3, -0.25) is 4.79 Å². The van der Waals surface area contributed by atoms with Gasteiger partial charge in [-0.1, -0.05) is 23.2 Å². The van der Waals surface area contributed by atoms with Gasteiger partial charge in [0.1, 0.15) is 5.02 Å². The normalized spacial score (nSPS) is 12.4. The lowest BCUT2D eigenvalue weighted by molar-refractivity contribution is 0.891. The number of hydrogen-bond acceptors (Lipinski definition) is 4. The summed E-state index contributed by atoms with van der Waals surface area (Å²) in [7, 11) is 0. The van der Waals surface area contributed by atoms with Crippen molar-refractivity contribution in [2.45, 2.75) is 13.0 Å². The number of halogens is 2. The number of nitrogens with zero attached hydrogens (tertiary/aromatic N) is 1. The Morgan fingerprint density at radius 2 is 2.24 bits per heavy atom. The number of hydrogen-bond donors (Lipinski definition) is 2. The van der Waals surface area contributed by atoms with Gasteiger partial charge in [-0.2, -0.15) is 0 Å². The predicted octanol–water partition coefficient (Wildman–Crippen LogP) is 3.31. The highest BCUT2D eigenvalue weighted by atomic mass is 35.5. The van der Waals surface area contributed by atoms with Crippen molar-refractivity contribution in [2.24, 2.45) is 0 Å². The van der Waals surface area contributed by atoms with E-state index in [1.807, 2.05) is 19.1 Å². The molecule has 2 N–H and O–H groups in total. The van der Waals surface area contributed by atoms with Crippen molar-refractivity contribution in [2.75, 3.05) is 5.32 Å². The van der Waals surface area contributed by atoms with Gasteiger partial charge in [0, 0.05) is 4.88 Å². The van der Waals surface area contributed by atoms with E-state index in [1.54, 1.807) is 0 Å². The van der Waals surface area contributed by atoms with Gasteiger partial charge in [-0.05, 0) is 19.1 Å². The molecule has 0 aliphatic carbocycles. The lowest BCUT2D eigenvalue weighted by atomic mass is 10.3. The van der Waals surface area contributed by atoms with E-state index >= 15 is 0 Å². The Labute approximate surface area is 112 Å². The minimum atomic E-state index is -0.361. The molecule has 2 heterocycles. The van der Waals surface area contributed by atoms with Crippen molar-refractivity contribution in [1.82, 2.24) is 9.97 Å². The molecule has 2 rings (SSSR count). The maximum atomic E-state index is 11.3. The molecule has 0 aliphatic heterocycles. The van der Waals surface area contributed by atoms with Crippen molar-refractivity contribution in [3.63, 3.8) is 0 Å². The fourth-order valence-electron chi connectivity index (χ4n) is 1.32. The van der Waals surface area contributed by atoms with Crippen molar-refractivity contribution < 1.29 is 0 Å². The Kier molecular flexibility index (Phi) is 3.71. The van der Waals surface area contributed by atoms with E-state index in [9.17, 15) is 4.79 Å². The Bertz CT molecular complexity index is 581. The highest BCUT2D eigenvalue weighted by Crippen LogP contribution is 2.29. The lowest BCUT2D eigenvalue weighted by Crippen LogP contribution is -2.13. The van der Waals surface area contributed by atoms with E-state index < -0.39 is 0 Å². The molecule has 0 saturated carbocycles. The maximum absolute atomic E-state index is 11.3. The van der Waals surface area contributed by atoms with E-state index in [0.29, 0.717) is 5.82 Å². The van der Waals surface area contributed by atoms with E-state index in [-0.39, 0.29) is 16.6 Å². The second kappa shape index (κ2) is 5.08. The zero-order valence-electron chi connectivity index (χ0n) is 8.83. The molecule has 0 saturated heterocycles. The van der Waals surface area contributed by atoms with Crippen LogP contribution in [0.2, 0.25) is 9.36 Å². The van der Waals surface area contributed by atoms with Crippen molar-refractivity contribution in [3.05, 3.63) is 43.0 Å². The third-order valence-electron chi connectivity index (χ3n) is 2.17. The maximum Gasteiger partial charge on any atom is 0.271 e. The van der Waals surface area contributed by atoms with E-state index in [2.05, 4.69) is 15.3 Å². The summed E-state index contributed by atoms with van der Waals surface area (Å²) in [5.41, 5.74) is -0.361. The highest BCUT2D eigenvalue weighted by molar-refractivity contribution is 7.16. The molecule has 17 heavy (non-hydrogen) atoms. The molecule has 90 valence electrons. The zero-order valence-corrected chi connectivity index (χ0v) is 11.2. The molecule has 1 unspecified atom stereocenters. The quantitative estimate of drug-likeness (QED) is 0.911. The summed E-state index contributed by atoms with van der Waals surface area (Å²) >= 11 is 13.2. The Hall–Kier alpha value is -1.04. The van der Waals surface area contributed by atoms with E-state index in [0.717, 1.165) is 9.21 Å². The molecule has 0 amide bonds. The van der Waals surface area contributed by atoms with Crippen LogP contribution in [-0.2, 0) is 0 Å². The molecule has 0 aromatic carbocycles. The molecule has 0 aliphatic rings. The van der Waals surface area contributed by atoms with Gasteiger partial charge in [0.15, 0.2) is 5.82 Å². The Morgan fingerprint density at radius 1 is 1.47 bits per heavy atom. The van der Waals surface area contributed by atoms with Crippen LogP contribution in [-0.4, -0.2) is 9.97 Å². The first-order valence-electron chi connectivity index (χ1n) is 4.83. The smallest absolute Gasteiger partial charge is 0.271 e. The molecule has 0 spiro atoms. The van der Waals surface area contributed by atoms with E-state index in [4.69, 9.17) is 23.2 Å². The number of H-pyrrole nitrogens is 1. The zero-order chi connectivity index (χ0) is 12.4. The summed E-state index contributed by atoms with van der Waals surface area (Å²) in [5, 5.41) is 3.13. The van der Waals surface area contributed by atoms with Crippen LogP contribution < -0.4 is 10.9 Å². The van der Waals surface area contributed by atoms with Crippen LogP contribution in [0.3, 0.4) is 0 Å². The van der Waals surface area contributed by atoms with Crippen molar-refractivity contribution >= 4 is 40.4 Å². The summed E-state index contributed by atoms with van der Waals surface area (Å²) in [5.74, 6) is 0.368. The first-order chi connectivity index (χ1) is 8.08. The second-order valence-corrected chi connectivity index (χ2v) is 5.53. The molecular formula is C10H9Cl2N3OS. The van der Waals surface area contributed by atoms with Crippen LogP contribution in [0.15, 0.2) is 23.3 Å². The number of rotatable bonds is 3. The van der Waals surface area contributed by atoms with Gasteiger partial charge in [-0.15, -0.1) is 11.3 Å². The Balaban J connectivity index is 2.21. The number of aromatic nitrogens is 2. The fourth-order valence-corrected chi connectivity index (χ4v) is 2.54. The second-order valence-electron chi connectivity index (χ2n) is 3.40. The molecule has 2 aromatic rings. The summed E-state index contributed by atoms with van der Waals surface area (Å²) < 4.78 is 0.721. The fraction of sp³-hybridized carbons (Fsp3) is 0.200. The van der Waals surface area contributed by atoms with Crippen LogP contribution in [0.4, 0.5) is 5.82 Å². The Morgan fingerprint density at radius 3 is 2.88 bits per heavy atom. The van der Waals surface area contributed by atoms with Crippen LogP contribution in [0.25, 0.3) is 0 Å². The molecule has 0 fully saturated rings. The summed E-state index contributed by atoms with van der Waals surface area (Å²) in [6.07, 6.45) is 1.31. The molecule has 1 atom stereocenters. The third kappa shape index (κ3) is 2.80. The third-order valence-corrected chi connectivity index (χ3v) is 3.94. The minimum absolute atomic E-state index is 0.0145. The van der Waals surface area contributed by atoms with Gasteiger partial charge in [0.2, 0.25) is 0 Å². The molecule has 0 bridgehead atoms. The van der Waals surface area contributed by atoms with Gasteiger partial charge >= 0.3 is 0 Å². The van der Waals surface area contributed by atoms with E-state index in [1.165, 1.54) is 17.7 Å². The van der Waals surface area contributed by atoms with Crippen LogP contribution in [0.5, 0.6) is 0 Å². The van der Waals surface area contributed by atoms with Gasteiger partial charge in [0.05, 0.1) is 16.7 Å². The van der Waals surface area contributed by atoms with Gasteiger partial charge in [0.25, 0.3) is 5.56 Å². The van der Waals surface area contributed by atoms with Crippen LogP contribution >= 0.6 is 34.5 Å². The lowest BCUT2D eigenvalue weighted by Gasteiger charge is -2.13. The van der Waals surface area contributed by atoms with Crippen LogP contribution in [0.1, 0.15) is 17.8 Å². The van der Waals surface area contributed by atoms with Crippen molar-refractivity contribution in [3.8, 4) is 0 Å². The highest BCUT2D eigenvalue weighted by Gasteiger charge is 2.12. The molecule has 2 aromatic heterocycles. The summed E-state index contributed by atoms with van der Waals surface area (Å²) in [4.78, 5) is 18.7. The number of anilines is 1. The topological polar surface area (TPSA) is 57.8 Å². The summed E-state index contributed by atoms with van der Waals surface area (Å²) in [6, 6.07) is 3.73. The largest absolute Gasteiger partial charge is 0.361 e. The molecule has 7 heteroatoms. The monoisotopic (exact) mass is 289 g/mol. The predicted molar refractivity (Wildman–Crippen MR) is 71.2 cm³/mol. The minimum Gasteiger partial charge on any atom is -0.361 e. The molecule has 0 radical (unpaired) electrons. The van der Waals surface area contributed by atoms with Crippen molar-refractivity contribution in [1.29, 1.82) is 0 Å². The molecular weight excluding hydrogens is 281 g/mol. The first kappa shape index (κ1) is 12.4. The average molecular weight is 290 g/mol. The van der Waals surface area contributed by atoms with Gasteiger partial charge < -0.3 is 10.3 Å². The first-order valence-corrected chi connectivity index (χ1v) is 6.40. The number of nitrogens with one attached hydrogen (secondary N) is 2. The molecule has 4 nitrogen and oxygen atoms in total. The standard InChI is InChI=1S/C10H9Cl2N3OS/c1-5(6-2-3-7(11)17-6)15-9-8(12)10(16)14-4-13-9/h2-5H,1H3,(H2,13,14,15,16). The number of aromatic amines is 1. The number of thiophene rings is 1. The average Bonchev–Trinajstić information content (AvgIpc) is 2.72. The van der Waals surface area contributed by atoms with Gasteiger partial charge in [-0.25, -0.2) is 4.98 Å². The van der Waals surface area contributed by atoms with Crippen LogP contribution in [0, 0.1) is 0 Å². The SMILES string of the molecule is CC(Nc1nc[nH]c(=O)c1Cl)c1ccc(Cl)s1.